The first kappa shape index (κ1) is 15.9. The number of rotatable bonds is 5. The van der Waals surface area contributed by atoms with Crippen LogP contribution in [0.15, 0.2) is 23.6 Å². The molecule has 1 N–H and O–H groups in total. The minimum Gasteiger partial charge on any atom is -0.363 e. The van der Waals surface area contributed by atoms with E-state index >= 15 is 0 Å². The van der Waals surface area contributed by atoms with Crippen molar-refractivity contribution in [1.82, 2.24) is 14.6 Å². The van der Waals surface area contributed by atoms with Gasteiger partial charge in [0.25, 0.3) is 0 Å². The summed E-state index contributed by atoms with van der Waals surface area (Å²) >= 11 is 7.82. The Bertz CT molecular complexity index is 872. The lowest BCUT2D eigenvalue weighted by atomic mass is 10.1. The number of fused-ring (bicyclic) bond motifs is 1. The Labute approximate surface area is 144 Å². The first-order chi connectivity index (χ1) is 11.2. The normalized spacial score (nSPS) is 10.6. The zero-order valence-corrected chi connectivity index (χ0v) is 14.6. The van der Waals surface area contributed by atoms with Crippen molar-refractivity contribution >= 4 is 34.3 Å². The summed E-state index contributed by atoms with van der Waals surface area (Å²) in [6.07, 6.45) is 2.00. The highest BCUT2D eigenvalue weighted by Crippen LogP contribution is 2.24. The number of nitrogens with zero attached hydrogens (tertiary/aromatic N) is 3. The molecule has 0 bridgehead atoms. The maximum Gasteiger partial charge on any atom is 0.243 e. The molecular weight excluding hydrogens is 328 g/mol. The molecule has 3 aromatic heterocycles. The van der Waals surface area contributed by atoms with E-state index in [0.717, 1.165) is 29.9 Å². The van der Waals surface area contributed by atoms with Crippen LogP contribution >= 0.6 is 22.9 Å². The van der Waals surface area contributed by atoms with Gasteiger partial charge in [-0.05, 0) is 53.9 Å². The molecule has 0 aliphatic rings. The first-order valence-electron chi connectivity index (χ1n) is 7.50. The van der Waals surface area contributed by atoms with E-state index in [1.807, 2.05) is 13.0 Å². The van der Waals surface area contributed by atoms with Crippen LogP contribution in [0.1, 0.15) is 36.4 Å². The second-order valence-electron chi connectivity index (χ2n) is 5.10. The summed E-state index contributed by atoms with van der Waals surface area (Å²) < 4.78 is 1.80. The van der Waals surface area contributed by atoms with Crippen molar-refractivity contribution in [3.05, 3.63) is 45.0 Å². The molecule has 0 aromatic carbocycles. The molecule has 23 heavy (non-hydrogen) atoms. The lowest BCUT2D eigenvalue weighted by molar-refractivity contribution is 0.867. The quantitative estimate of drug-likeness (QED) is 0.698. The summed E-state index contributed by atoms with van der Waals surface area (Å²) in [6, 6.07) is 6.23. The van der Waals surface area contributed by atoms with Crippen LogP contribution in [0.2, 0.25) is 5.28 Å². The van der Waals surface area contributed by atoms with Gasteiger partial charge in [-0.2, -0.15) is 4.98 Å². The molecule has 4 nitrogen and oxygen atoms in total. The van der Waals surface area contributed by atoms with Gasteiger partial charge in [-0.15, -0.1) is 16.4 Å². The zero-order chi connectivity index (χ0) is 16.2. The van der Waals surface area contributed by atoms with Crippen LogP contribution in [0.4, 0.5) is 5.82 Å². The summed E-state index contributed by atoms with van der Waals surface area (Å²) in [5, 5.41) is 9.97. The predicted molar refractivity (Wildman–Crippen MR) is 96.2 cm³/mol. The Morgan fingerprint density at radius 2 is 2.30 bits per heavy atom. The van der Waals surface area contributed by atoms with Crippen molar-refractivity contribution < 1.29 is 0 Å². The van der Waals surface area contributed by atoms with Crippen LogP contribution in [0.25, 0.3) is 5.52 Å². The number of halogens is 1. The largest absolute Gasteiger partial charge is 0.363 e. The number of aryl methyl sites for hydroxylation is 1. The molecule has 3 heterocycles. The van der Waals surface area contributed by atoms with Crippen LogP contribution in [0.3, 0.4) is 0 Å². The lowest BCUT2D eigenvalue weighted by Gasteiger charge is -2.07. The van der Waals surface area contributed by atoms with Crippen molar-refractivity contribution in [2.75, 3.05) is 5.32 Å². The van der Waals surface area contributed by atoms with E-state index in [9.17, 15) is 0 Å². The number of hydrogen-bond acceptors (Lipinski definition) is 4. The molecule has 0 saturated heterocycles. The average Bonchev–Trinajstić information content (AvgIpc) is 3.15. The second kappa shape index (κ2) is 7.03. The van der Waals surface area contributed by atoms with Crippen LogP contribution in [0.5, 0.6) is 0 Å². The van der Waals surface area contributed by atoms with Crippen LogP contribution in [0, 0.1) is 11.8 Å². The van der Waals surface area contributed by atoms with Crippen LogP contribution in [-0.4, -0.2) is 14.6 Å². The highest BCUT2D eigenvalue weighted by atomic mass is 35.5. The highest BCUT2D eigenvalue weighted by Gasteiger charge is 2.14. The van der Waals surface area contributed by atoms with Crippen LogP contribution < -0.4 is 5.32 Å². The van der Waals surface area contributed by atoms with Gasteiger partial charge in [-0.25, -0.2) is 4.52 Å². The summed E-state index contributed by atoms with van der Waals surface area (Å²) in [5.41, 5.74) is 2.98. The molecular formula is C17H17ClN4S. The Morgan fingerprint density at radius 1 is 1.43 bits per heavy atom. The molecule has 0 saturated carbocycles. The summed E-state index contributed by atoms with van der Waals surface area (Å²) in [6.45, 7) is 4.69. The fraction of sp³-hybridized carbons (Fsp3) is 0.294. The van der Waals surface area contributed by atoms with Crippen molar-refractivity contribution in [2.45, 2.75) is 33.2 Å². The van der Waals surface area contributed by atoms with E-state index in [4.69, 9.17) is 11.6 Å². The smallest absolute Gasteiger partial charge is 0.243 e. The molecule has 0 unspecified atom stereocenters. The van der Waals surface area contributed by atoms with E-state index < -0.39 is 0 Å². The lowest BCUT2D eigenvalue weighted by Crippen LogP contribution is -2.06. The third-order valence-electron chi connectivity index (χ3n) is 3.46. The van der Waals surface area contributed by atoms with E-state index in [0.29, 0.717) is 6.54 Å². The number of aromatic nitrogens is 3. The Balaban J connectivity index is 2.06. The molecule has 6 heteroatoms. The number of nitrogens with one attached hydrogen (secondary N) is 1. The van der Waals surface area contributed by atoms with Crippen molar-refractivity contribution in [3.63, 3.8) is 0 Å². The molecule has 0 radical (unpaired) electrons. The molecule has 0 aliphatic carbocycles. The van der Waals surface area contributed by atoms with E-state index in [2.05, 4.69) is 51.7 Å². The van der Waals surface area contributed by atoms with E-state index in [1.54, 1.807) is 15.9 Å². The zero-order valence-electron chi connectivity index (χ0n) is 13.1. The predicted octanol–water partition coefficient (Wildman–Crippen LogP) is 4.38. The van der Waals surface area contributed by atoms with Crippen LogP contribution in [-0.2, 0) is 13.0 Å². The summed E-state index contributed by atoms with van der Waals surface area (Å²) in [5.74, 6) is 6.84. The van der Waals surface area contributed by atoms with Gasteiger partial charge in [0.2, 0.25) is 5.28 Å². The average molecular weight is 345 g/mol. The highest BCUT2D eigenvalue weighted by molar-refractivity contribution is 7.09. The van der Waals surface area contributed by atoms with Crippen molar-refractivity contribution in [2.24, 2.45) is 0 Å². The minimum absolute atomic E-state index is 0.212. The minimum atomic E-state index is 0.212. The monoisotopic (exact) mass is 344 g/mol. The second-order valence-corrected chi connectivity index (χ2v) is 6.47. The van der Waals surface area contributed by atoms with Gasteiger partial charge in [-0.3, -0.25) is 0 Å². The fourth-order valence-electron chi connectivity index (χ4n) is 2.50. The molecule has 0 spiro atoms. The molecule has 0 amide bonds. The summed E-state index contributed by atoms with van der Waals surface area (Å²) in [4.78, 5) is 5.60. The van der Waals surface area contributed by atoms with Gasteiger partial charge in [-0.1, -0.05) is 25.3 Å². The topological polar surface area (TPSA) is 42.2 Å². The Hall–Kier alpha value is -2.03. The fourth-order valence-corrected chi connectivity index (χ4v) is 3.31. The van der Waals surface area contributed by atoms with Gasteiger partial charge < -0.3 is 5.32 Å². The first-order valence-corrected chi connectivity index (χ1v) is 8.75. The third-order valence-corrected chi connectivity index (χ3v) is 4.49. The molecule has 3 aromatic rings. The Kier molecular flexibility index (Phi) is 4.85. The number of anilines is 1. The van der Waals surface area contributed by atoms with Gasteiger partial charge in [0, 0.05) is 4.88 Å². The molecule has 0 atom stereocenters. The van der Waals surface area contributed by atoms with E-state index in [1.165, 1.54) is 10.4 Å². The van der Waals surface area contributed by atoms with Crippen molar-refractivity contribution in [1.29, 1.82) is 0 Å². The SMILES string of the molecule is CC#Cc1c(CCC)cc2c(NCc3cccs3)nc(Cl)nn12. The van der Waals surface area contributed by atoms with E-state index in [-0.39, 0.29) is 5.28 Å². The summed E-state index contributed by atoms with van der Waals surface area (Å²) in [7, 11) is 0. The molecule has 0 fully saturated rings. The maximum absolute atomic E-state index is 6.11. The number of hydrogen-bond donors (Lipinski definition) is 1. The molecule has 0 aliphatic heterocycles. The third kappa shape index (κ3) is 3.34. The Morgan fingerprint density at radius 3 is 3.00 bits per heavy atom. The van der Waals surface area contributed by atoms with Crippen molar-refractivity contribution in [3.8, 4) is 11.8 Å². The molecule has 3 rings (SSSR count). The molecule has 118 valence electrons. The van der Waals surface area contributed by atoms with Gasteiger partial charge in [0.15, 0.2) is 5.82 Å². The number of thiophene rings is 1. The van der Waals surface area contributed by atoms with Gasteiger partial charge in [0.05, 0.1) is 6.54 Å². The van der Waals surface area contributed by atoms with Gasteiger partial charge >= 0.3 is 0 Å². The maximum atomic E-state index is 6.11. The standard InChI is InChI=1S/C17H17ClN4S/c1-3-6-12-10-15-16(19-11-13-8-5-9-23-13)20-17(18)21-22(15)14(12)7-4-2/h5,8-10H,3,6,11H2,1-2H3,(H,19,20,21). The van der Waals surface area contributed by atoms with Gasteiger partial charge in [0.1, 0.15) is 11.2 Å².